The third-order valence-electron chi connectivity index (χ3n) is 4.68. The van der Waals surface area contributed by atoms with Crippen molar-refractivity contribution in [3.05, 3.63) is 47.9 Å². The zero-order valence-electron chi connectivity index (χ0n) is 13.3. The minimum Gasteiger partial charge on any atom is -0.393 e. The number of aliphatic hydroxyl groups excluding tert-OH is 1. The van der Waals surface area contributed by atoms with Gasteiger partial charge in [0.25, 0.3) is 5.91 Å². The molecular formula is C17H19N5O2. The van der Waals surface area contributed by atoms with E-state index in [1.165, 1.54) is 0 Å². The molecule has 24 heavy (non-hydrogen) atoms. The second kappa shape index (κ2) is 5.76. The van der Waals surface area contributed by atoms with E-state index in [4.69, 9.17) is 0 Å². The van der Waals surface area contributed by atoms with E-state index in [0.29, 0.717) is 18.5 Å². The summed E-state index contributed by atoms with van der Waals surface area (Å²) in [7, 11) is 1.85. The van der Waals surface area contributed by atoms with Crippen LogP contribution in [0.2, 0.25) is 0 Å². The Labute approximate surface area is 138 Å². The monoisotopic (exact) mass is 325 g/mol. The molecule has 7 nitrogen and oxygen atoms in total. The fraction of sp³-hybridized carbons (Fsp3) is 0.353. The molecule has 0 spiro atoms. The van der Waals surface area contributed by atoms with Crippen molar-refractivity contribution in [3.63, 3.8) is 0 Å². The van der Waals surface area contributed by atoms with E-state index in [2.05, 4.69) is 20.6 Å². The van der Waals surface area contributed by atoms with Crippen molar-refractivity contribution in [2.45, 2.75) is 25.0 Å². The number of nitrogens with one attached hydrogen (secondary N) is 2. The van der Waals surface area contributed by atoms with Gasteiger partial charge in [0.1, 0.15) is 0 Å². The van der Waals surface area contributed by atoms with Crippen LogP contribution in [-0.4, -0.2) is 37.1 Å². The van der Waals surface area contributed by atoms with Gasteiger partial charge in [0, 0.05) is 24.2 Å². The minimum atomic E-state index is -0.280. The molecule has 4 rings (SSSR count). The number of nitrogens with zero attached hydrogens (tertiary/aromatic N) is 3. The first-order chi connectivity index (χ1) is 11.6. The maximum Gasteiger partial charge on any atom is 0.272 e. The van der Waals surface area contributed by atoms with E-state index < -0.39 is 0 Å². The summed E-state index contributed by atoms with van der Waals surface area (Å²) in [6, 6.07) is 7.37. The maximum absolute atomic E-state index is 12.8. The number of H-pyrrole nitrogens is 1. The van der Waals surface area contributed by atoms with E-state index in [1.54, 1.807) is 10.9 Å². The molecule has 1 atom stereocenters. The molecule has 0 saturated heterocycles. The van der Waals surface area contributed by atoms with Crippen molar-refractivity contribution >= 4 is 16.8 Å². The Morgan fingerprint density at radius 2 is 2.21 bits per heavy atom. The van der Waals surface area contributed by atoms with Crippen LogP contribution in [0.25, 0.3) is 10.9 Å². The summed E-state index contributed by atoms with van der Waals surface area (Å²) in [6.07, 6.45) is 4.75. The number of aromatic amines is 1. The number of carbonyl (C=O) groups is 1. The SMILES string of the molecule is Cn1cc(C(NC(=O)c2n[nH]c3ccccc23)C2CC(O)C2)cn1. The number of fused-ring (bicyclic) bond motifs is 1. The van der Waals surface area contributed by atoms with Crippen LogP contribution in [0, 0.1) is 5.92 Å². The van der Waals surface area contributed by atoms with Gasteiger partial charge in [-0.3, -0.25) is 14.6 Å². The van der Waals surface area contributed by atoms with Gasteiger partial charge in [0.15, 0.2) is 5.69 Å². The van der Waals surface area contributed by atoms with Gasteiger partial charge >= 0.3 is 0 Å². The zero-order chi connectivity index (χ0) is 16.7. The molecule has 124 valence electrons. The second-order valence-corrected chi connectivity index (χ2v) is 6.40. The van der Waals surface area contributed by atoms with Gasteiger partial charge in [-0.05, 0) is 24.8 Å². The number of benzene rings is 1. The van der Waals surface area contributed by atoms with E-state index in [9.17, 15) is 9.90 Å². The highest BCUT2D eigenvalue weighted by Crippen LogP contribution is 2.38. The lowest BCUT2D eigenvalue weighted by molar-refractivity contribution is 0.0235. The summed E-state index contributed by atoms with van der Waals surface area (Å²) in [5, 5.41) is 24.7. The molecule has 1 unspecified atom stereocenters. The lowest BCUT2D eigenvalue weighted by atomic mass is 9.75. The Bertz CT molecular complexity index is 878. The lowest BCUT2D eigenvalue weighted by Gasteiger charge is -2.37. The number of carbonyl (C=O) groups excluding carboxylic acids is 1. The number of hydrogen-bond acceptors (Lipinski definition) is 4. The molecule has 2 heterocycles. The van der Waals surface area contributed by atoms with E-state index in [-0.39, 0.29) is 24.0 Å². The molecule has 1 aromatic carbocycles. The number of para-hydroxylation sites is 1. The standard InChI is InChI=1S/C17H19N5O2/c1-22-9-11(8-18-22)15(10-6-12(23)7-10)19-17(24)16-13-4-2-3-5-14(13)20-21-16/h2-5,8-10,12,15,23H,6-7H2,1H3,(H,19,24)(H,20,21). The molecule has 0 bridgehead atoms. The first kappa shape index (κ1) is 14.9. The molecule has 1 fully saturated rings. The van der Waals surface area contributed by atoms with Gasteiger partial charge in [-0.15, -0.1) is 0 Å². The Balaban J connectivity index is 1.61. The summed E-state index contributed by atoms with van der Waals surface area (Å²) < 4.78 is 1.72. The second-order valence-electron chi connectivity index (χ2n) is 6.40. The van der Waals surface area contributed by atoms with Crippen molar-refractivity contribution in [3.8, 4) is 0 Å². The average Bonchev–Trinajstić information content (AvgIpc) is 3.16. The van der Waals surface area contributed by atoms with Crippen LogP contribution in [0.5, 0.6) is 0 Å². The molecule has 3 aromatic rings. The van der Waals surface area contributed by atoms with Gasteiger partial charge in [-0.1, -0.05) is 18.2 Å². The van der Waals surface area contributed by atoms with Crippen molar-refractivity contribution < 1.29 is 9.90 Å². The zero-order valence-corrected chi connectivity index (χ0v) is 13.3. The third kappa shape index (κ3) is 2.56. The lowest BCUT2D eigenvalue weighted by Crippen LogP contribution is -2.41. The topological polar surface area (TPSA) is 95.8 Å². The molecule has 3 N–H and O–H groups in total. The Kier molecular flexibility index (Phi) is 3.57. The molecule has 1 amide bonds. The predicted molar refractivity (Wildman–Crippen MR) is 88.2 cm³/mol. The summed E-state index contributed by atoms with van der Waals surface area (Å²) in [4.78, 5) is 12.8. The van der Waals surface area contributed by atoms with Crippen LogP contribution >= 0.6 is 0 Å². The first-order valence-electron chi connectivity index (χ1n) is 8.02. The smallest absolute Gasteiger partial charge is 0.272 e. The highest BCUT2D eigenvalue weighted by Gasteiger charge is 2.36. The number of rotatable bonds is 4. The van der Waals surface area contributed by atoms with Gasteiger partial charge < -0.3 is 10.4 Å². The van der Waals surface area contributed by atoms with Crippen molar-refractivity contribution in [1.82, 2.24) is 25.3 Å². The molecule has 7 heteroatoms. The average molecular weight is 325 g/mol. The Morgan fingerprint density at radius 1 is 1.42 bits per heavy atom. The number of aryl methyl sites for hydroxylation is 1. The highest BCUT2D eigenvalue weighted by atomic mass is 16.3. The third-order valence-corrected chi connectivity index (χ3v) is 4.68. The summed E-state index contributed by atoms with van der Waals surface area (Å²) >= 11 is 0. The highest BCUT2D eigenvalue weighted by molar-refractivity contribution is 6.04. The summed E-state index contributed by atoms with van der Waals surface area (Å²) in [5.41, 5.74) is 2.17. The molecule has 1 aliphatic carbocycles. The van der Waals surface area contributed by atoms with Gasteiger partial charge in [0.2, 0.25) is 0 Å². The Hall–Kier alpha value is -2.67. The number of hydrogen-bond donors (Lipinski definition) is 3. The largest absolute Gasteiger partial charge is 0.393 e. The van der Waals surface area contributed by atoms with E-state index in [1.807, 2.05) is 37.5 Å². The van der Waals surface area contributed by atoms with Crippen LogP contribution in [-0.2, 0) is 7.05 Å². The summed E-state index contributed by atoms with van der Waals surface area (Å²) in [5.74, 6) is -0.0129. The predicted octanol–water partition coefficient (Wildman–Crippen LogP) is 1.54. The molecule has 1 aliphatic rings. The van der Waals surface area contributed by atoms with Gasteiger partial charge in [-0.2, -0.15) is 10.2 Å². The normalized spacial score (nSPS) is 21.4. The number of aromatic nitrogens is 4. The van der Waals surface area contributed by atoms with Crippen LogP contribution in [0.3, 0.4) is 0 Å². The van der Waals surface area contributed by atoms with Gasteiger partial charge in [0.05, 0.1) is 23.9 Å². The fourth-order valence-corrected chi connectivity index (χ4v) is 3.32. The summed E-state index contributed by atoms with van der Waals surface area (Å²) in [6.45, 7) is 0. The molecular weight excluding hydrogens is 306 g/mol. The van der Waals surface area contributed by atoms with Crippen LogP contribution in [0.4, 0.5) is 0 Å². The van der Waals surface area contributed by atoms with Crippen molar-refractivity contribution in [1.29, 1.82) is 0 Å². The molecule has 0 radical (unpaired) electrons. The maximum atomic E-state index is 12.8. The quantitative estimate of drug-likeness (QED) is 0.678. The Morgan fingerprint density at radius 3 is 2.92 bits per heavy atom. The van der Waals surface area contributed by atoms with Crippen LogP contribution in [0.15, 0.2) is 36.7 Å². The van der Waals surface area contributed by atoms with Crippen molar-refractivity contribution in [2.24, 2.45) is 13.0 Å². The van der Waals surface area contributed by atoms with E-state index in [0.717, 1.165) is 16.5 Å². The molecule has 2 aromatic heterocycles. The van der Waals surface area contributed by atoms with Crippen LogP contribution < -0.4 is 5.32 Å². The fourth-order valence-electron chi connectivity index (χ4n) is 3.32. The first-order valence-corrected chi connectivity index (χ1v) is 8.02. The van der Waals surface area contributed by atoms with E-state index >= 15 is 0 Å². The van der Waals surface area contributed by atoms with Crippen LogP contribution in [0.1, 0.15) is 34.9 Å². The molecule has 0 aliphatic heterocycles. The minimum absolute atomic E-state index is 0.176. The van der Waals surface area contributed by atoms with Gasteiger partial charge in [-0.25, -0.2) is 0 Å². The van der Waals surface area contributed by atoms with Crippen molar-refractivity contribution in [2.75, 3.05) is 0 Å². The molecule has 1 saturated carbocycles. The number of aliphatic hydroxyl groups is 1. The number of amides is 1.